The number of pyridine rings is 1. The molecule has 0 aliphatic heterocycles. The third-order valence-electron chi connectivity index (χ3n) is 3.77. The summed E-state index contributed by atoms with van der Waals surface area (Å²) in [6, 6.07) is 10.7. The van der Waals surface area contributed by atoms with Gasteiger partial charge in [-0.1, -0.05) is 30.3 Å². The van der Waals surface area contributed by atoms with Gasteiger partial charge in [-0.2, -0.15) is 5.10 Å². The SMILES string of the molecule is Cc1cc(C(=O)N[C@H](CO)c2ccccc2)c2cnn(C)c2n1. The molecule has 0 saturated heterocycles. The smallest absolute Gasteiger partial charge is 0.252 e. The number of hydrogen-bond acceptors (Lipinski definition) is 4. The van der Waals surface area contributed by atoms with Gasteiger partial charge in [-0.25, -0.2) is 4.98 Å². The number of aliphatic hydroxyl groups is 1. The minimum absolute atomic E-state index is 0.171. The van der Waals surface area contributed by atoms with Crippen LogP contribution in [0.15, 0.2) is 42.6 Å². The van der Waals surface area contributed by atoms with Crippen molar-refractivity contribution in [3.05, 3.63) is 59.4 Å². The van der Waals surface area contributed by atoms with E-state index in [-0.39, 0.29) is 12.5 Å². The largest absolute Gasteiger partial charge is 0.394 e. The van der Waals surface area contributed by atoms with Crippen LogP contribution < -0.4 is 5.32 Å². The number of carbonyl (C=O) groups is 1. The summed E-state index contributed by atoms with van der Waals surface area (Å²) in [6.45, 7) is 1.67. The van der Waals surface area contributed by atoms with E-state index >= 15 is 0 Å². The fourth-order valence-electron chi connectivity index (χ4n) is 2.58. The third-order valence-corrected chi connectivity index (χ3v) is 3.77. The van der Waals surface area contributed by atoms with E-state index in [2.05, 4.69) is 15.4 Å². The predicted octanol–water partition coefficient (Wildman–Crippen LogP) is 1.74. The first-order chi connectivity index (χ1) is 11.1. The van der Waals surface area contributed by atoms with Crippen molar-refractivity contribution in [3.8, 4) is 0 Å². The van der Waals surface area contributed by atoms with Gasteiger partial charge in [-0.3, -0.25) is 9.48 Å². The monoisotopic (exact) mass is 310 g/mol. The zero-order valence-electron chi connectivity index (χ0n) is 13.0. The van der Waals surface area contributed by atoms with Crippen LogP contribution in [0.2, 0.25) is 0 Å². The van der Waals surface area contributed by atoms with Gasteiger partial charge in [0.25, 0.3) is 5.91 Å². The van der Waals surface area contributed by atoms with Crippen LogP contribution in [-0.4, -0.2) is 32.4 Å². The van der Waals surface area contributed by atoms with Crippen molar-refractivity contribution in [1.29, 1.82) is 0 Å². The fourth-order valence-corrected chi connectivity index (χ4v) is 2.58. The van der Waals surface area contributed by atoms with Crippen LogP contribution in [0.4, 0.5) is 0 Å². The number of nitrogens with zero attached hydrogens (tertiary/aromatic N) is 3. The van der Waals surface area contributed by atoms with Gasteiger partial charge in [0.15, 0.2) is 5.65 Å². The summed E-state index contributed by atoms with van der Waals surface area (Å²) < 4.78 is 1.64. The van der Waals surface area contributed by atoms with Gasteiger partial charge >= 0.3 is 0 Å². The van der Waals surface area contributed by atoms with Crippen LogP contribution in [0.25, 0.3) is 11.0 Å². The molecule has 0 unspecified atom stereocenters. The molecule has 0 aliphatic carbocycles. The van der Waals surface area contributed by atoms with E-state index in [0.29, 0.717) is 16.6 Å². The van der Waals surface area contributed by atoms with E-state index in [1.807, 2.05) is 37.3 Å². The minimum atomic E-state index is -0.455. The summed E-state index contributed by atoms with van der Waals surface area (Å²) in [7, 11) is 1.79. The molecule has 118 valence electrons. The Kier molecular flexibility index (Phi) is 4.08. The van der Waals surface area contributed by atoms with Crippen molar-refractivity contribution < 1.29 is 9.90 Å². The molecule has 1 aromatic carbocycles. The van der Waals surface area contributed by atoms with Crippen LogP contribution in [0.1, 0.15) is 27.7 Å². The van der Waals surface area contributed by atoms with E-state index in [1.54, 1.807) is 24.0 Å². The third kappa shape index (κ3) is 2.93. The maximum absolute atomic E-state index is 12.7. The van der Waals surface area contributed by atoms with Crippen molar-refractivity contribution in [2.75, 3.05) is 6.61 Å². The Labute approximate surface area is 133 Å². The molecule has 0 fully saturated rings. The molecule has 0 spiro atoms. The zero-order chi connectivity index (χ0) is 16.4. The second kappa shape index (κ2) is 6.18. The number of fused-ring (bicyclic) bond motifs is 1. The Morgan fingerprint density at radius 3 is 2.78 bits per heavy atom. The lowest BCUT2D eigenvalue weighted by molar-refractivity contribution is 0.0917. The quantitative estimate of drug-likeness (QED) is 0.769. The van der Waals surface area contributed by atoms with Gasteiger partial charge in [0.1, 0.15) is 0 Å². The number of rotatable bonds is 4. The molecule has 6 nitrogen and oxygen atoms in total. The van der Waals surface area contributed by atoms with Crippen LogP contribution in [-0.2, 0) is 7.05 Å². The first-order valence-electron chi connectivity index (χ1n) is 7.36. The fraction of sp³-hybridized carbons (Fsp3) is 0.235. The van der Waals surface area contributed by atoms with Crippen LogP contribution in [0.5, 0.6) is 0 Å². The Bertz CT molecular complexity index is 842. The van der Waals surface area contributed by atoms with Crippen LogP contribution in [0, 0.1) is 6.92 Å². The molecule has 0 saturated carbocycles. The summed E-state index contributed by atoms with van der Waals surface area (Å²) in [4.78, 5) is 17.1. The van der Waals surface area contributed by atoms with E-state index in [0.717, 1.165) is 11.3 Å². The molecule has 2 N–H and O–H groups in total. The lowest BCUT2D eigenvalue weighted by Gasteiger charge is -2.17. The highest BCUT2D eigenvalue weighted by Crippen LogP contribution is 2.19. The van der Waals surface area contributed by atoms with Gasteiger partial charge < -0.3 is 10.4 Å². The Morgan fingerprint density at radius 1 is 1.35 bits per heavy atom. The summed E-state index contributed by atoms with van der Waals surface area (Å²) in [5.41, 5.74) is 2.77. The number of aryl methyl sites for hydroxylation is 2. The number of carbonyl (C=O) groups excluding carboxylic acids is 1. The second-order valence-corrected chi connectivity index (χ2v) is 5.44. The molecule has 3 rings (SSSR count). The van der Waals surface area contributed by atoms with Gasteiger partial charge in [0.05, 0.1) is 29.8 Å². The highest BCUT2D eigenvalue weighted by atomic mass is 16.3. The maximum atomic E-state index is 12.7. The first-order valence-corrected chi connectivity index (χ1v) is 7.36. The summed E-state index contributed by atoms with van der Waals surface area (Å²) in [5, 5.41) is 17.3. The highest BCUT2D eigenvalue weighted by Gasteiger charge is 2.18. The van der Waals surface area contributed by atoms with Gasteiger partial charge in [-0.05, 0) is 18.6 Å². The second-order valence-electron chi connectivity index (χ2n) is 5.44. The maximum Gasteiger partial charge on any atom is 0.252 e. The van der Waals surface area contributed by atoms with Crippen molar-refractivity contribution in [1.82, 2.24) is 20.1 Å². The Morgan fingerprint density at radius 2 is 2.09 bits per heavy atom. The number of aliphatic hydroxyl groups excluding tert-OH is 1. The number of hydrogen-bond donors (Lipinski definition) is 2. The van der Waals surface area contributed by atoms with Crippen molar-refractivity contribution in [2.24, 2.45) is 7.05 Å². The van der Waals surface area contributed by atoms with Gasteiger partial charge in [0, 0.05) is 12.7 Å². The van der Waals surface area contributed by atoms with Crippen molar-refractivity contribution in [3.63, 3.8) is 0 Å². The number of amides is 1. The summed E-state index contributed by atoms with van der Waals surface area (Å²) in [5.74, 6) is -0.253. The molecule has 1 atom stereocenters. The topological polar surface area (TPSA) is 80.0 Å². The summed E-state index contributed by atoms with van der Waals surface area (Å²) in [6.07, 6.45) is 1.63. The molecular weight excluding hydrogens is 292 g/mol. The molecular formula is C17H18N4O2. The lowest BCUT2D eigenvalue weighted by Crippen LogP contribution is -2.31. The first kappa shape index (κ1) is 15.2. The molecule has 6 heteroatoms. The zero-order valence-corrected chi connectivity index (χ0v) is 13.0. The summed E-state index contributed by atoms with van der Waals surface area (Å²) >= 11 is 0. The number of benzene rings is 1. The molecule has 2 aromatic heterocycles. The van der Waals surface area contributed by atoms with Crippen molar-refractivity contribution in [2.45, 2.75) is 13.0 Å². The van der Waals surface area contributed by atoms with Crippen LogP contribution >= 0.6 is 0 Å². The highest BCUT2D eigenvalue weighted by molar-refractivity contribution is 6.05. The Balaban J connectivity index is 1.94. The van der Waals surface area contributed by atoms with Crippen LogP contribution in [0.3, 0.4) is 0 Å². The predicted molar refractivity (Wildman–Crippen MR) is 87.0 cm³/mol. The van der Waals surface area contributed by atoms with E-state index in [9.17, 15) is 9.90 Å². The minimum Gasteiger partial charge on any atom is -0.394 e. The average Bonchev–Trinajstić information content (AvgIpc) is 2.93. The van der Waals surface area contributed by atoms with Gasteiger partial charge in [-0.15, -0.1) is 0 Å². The number of nitrogens with one attached hydrogen (secondary N) is 1. The van der Waals surface area contributed by atoms with E-state index < -0.39 is 6.04 Å². The average molecular weight is 310 g/mol. The Hall–Kier alpha value is -2.73. The van der Waals surface area contributed by atoms with E-state index in [1.165, 1.54) is 0 Å². The normalized spacial score (nSPS) is 12.3. The van der Waals surface area contributed by atoms with Gasteiger partial charge in [0.2, 0.25) is 0 Å². The number of aromatic nitrogens is 3. The molecule has 23 heavy (non-hydrogen) atoms. The molecule has 3 aromatic rings. The standard InChI is InChI=1S/C17H18N4O2/c1-11-8-13(14-9-18-21(2)16(14)19-11)17(23)20-15(10-22)12-6-4-3-5-7-12/h3-9,15,22H,10H2,1-2H3,(H,20,23)/t15-/m1/s1. The molecule has 0 bridgehead atoms. The molecule has 0 radical (unpaired) electrons. The molecule has 2 heterocycles. The molecule has 1 amide bonds. The van der Waals surface area contributed by atoms with E-state index in [4.69, 9.17) is 0 Å². The lowest BCUT2D eigenvalue weighted by atomic mass is 10.1. The molecule has 0 aliphatic rings. The van der Waals surface area contributed by atoms with Crippen molar-refractivity contribution >= 4 is 16.9 Å².